The number of ether oxygens (including phenoxy) is 1. The Morgan fingerprint density at radius 2 is 2.22 bits per heavy atom. The van der Waals surface area contributed by atoms with Gasteiger partial charge in [0.05, 0.1) is 12.5 Å². The lowest BCUT2D eigenvalue weighted by Crippen LogP contribution is -2.36. The van der Waals surface area contributed by atoms with Crippen LogP contribution in [0, 0.1) is 11.8 Å². The highest BCUT2D eigenvalue weighted by molar-refractivity contribution is 5.78. The molecule has 0 aromatic rings. The summed E-state index contributed by atoms with van der Waals surface area (Å²) in [6.45, 7) is 3.92. The maximum Gasteiger partial charge on any atom is 0.303 e. The number of rotatable bonds is 7. The first-order valence-corrected chi connectivity index (χ1v) is 6.67. The van der Waals surface area contributed by atoms with Crippen molar-refractivity contribution in [2.75, 3.05) is 19.8 Å². The average molecular weight is 257 g/mol. The minimum Gasteiger partial charge on any atom is -0.481 e. The Kier molecular flexibility index (Phi) is 6.72. The van der Waals surface area contributed by atoms with Crippen molar-refractivity contribution in [1.29, 1.82) is 0 Å². The lowest BCUT2D eigenvalue weighted by Gasteiger charge is -2.21. The highest BCUT2D eigenvalue weighted by Gasteiger charge is 2.21. The zero-order chi connectivity index (χ0) is 13.4. The summed E-state index contributed by atoms with van der Waals surface area (Å²) < 4.78 is 5.27. The van der Waals surface area contributed by atoms with Crippen molar-refractivity contribution in [3.63, 3.8) is 0 Å². The van der Waals surface area contributed by atoms with E-state index in [1.165, 1.54) is 0 Å². The van der Waals surface area contributed by atoms with Crippen LogP contribution in [0.15, 0.2) is 0 Å². The van der Waals surface area contributed by atoms with E-state index in [2.05, 4.69) is 5.32 Å². The van der Waals surface area contributed by atoms with E-state index < -0.39 is 5.97 Å². The molecule has 0 saturated carbocycles. The van der Waals surface area contributed by atoms with Gasteiger partial charge in [0.2, 0.25) is 5.91 Å². The number of carboxylic acid groups (broad SMARTS) is 1. The van der Waals surface area contributed by atoms with E-state index in [1.807, 2.05) is 6.92 Å². The molecular weight excluding hydrogens is 234 g/mol. The molecular formula is C13H23NO4. The Morgan fingerprint density at radius 1 is 1.44 bits per heavy atom. The first-order valence-electron chi connectivity index (χ1n) is 6.67. The molecule has 2 N–H and O–H groups in total. The zero-order valence-electron chi connectivity index (χ0n) is 11.0. The summed E-state index contributed by atoms with van der Waals surface area (Å²) in [5.41, 5.74) is 0. The standard InChI is InChI=1S/C13H23NO4/c1-10(4-5-12(15)16)6-7-14-13(17)11-3-2-8-18-9-11/h10-11H,2-9H2,1H3,(H,14,17)(H,15,16). The molecule has 0 bridgehead atoms. The molecule has 1 saturated heterocycles. The van der Waals surface area contributed by atoms with Crippen LogP contribution in [0.5, 0.6) is 0 Å². The van der Waals surface area contributed by atoms with Crippen molar-refractivity contribution in [2.45, 2.75) is 39.0 Å². The van der Waals surface area contributed by atoms with E-state index in [1.54, 1.807) is 0 Å². The number of carbonyl (C=O) groups excluding carboxylic acids is 1. The van der Waals surface area contributed by atoms with Gasteiger partial charge in [0.25, 0.3) is 0 Å². The first-order chi connectivity index (χ1) is 8.59. The quantitative estimate of drug-likeness (QED) is 0.723. The van der Waals surface area contributed by atoms with Crippen LogP contribution in [-0.4, -0.2) is 36.7 Å². The van der Waals surface area contributed by atoms with E-state index >= 15 is 0 Å². The van der Waals surface area contributed by atoms with E-state index in [9.17, 15) is 9.59 Å². The number of carboxylic acids is 1. The molecule has 0 radical (unpaired) electrons. The molecule has 0 aliphatic carbocycles. The van der Waals surface area contributed by atoms with Crippen LogP contribution < -0.4 is 5.32 Å². The summed E-state index contributed by atoms with van der Waals surface area (Å²) in [4.78, 5) is 22.2. The molecule has 5 nitrogen and oxygen atoms in total. The van der Waals surface area contributed by atoms with Crippen LogP contribution in [0.1, 0.15) is 39.0 Å². The molecule has 0 spiro atoms. The van der Waals surface area contributed by atoms with Gasteiger partial charge in [0.15, 0.2) is 0 Å². The van der Waals surface area contributed by atoms with Crippen LogP contribution in [0.25, 0.3) is 0 Å². The summed E-state index contributed by atoms with van der Waals surface area (Å²) in [5, 5.41) is 11.5. The minimum absolute atomic E-state index is 0.00641. The number of amides is 1. The summed E-state index contributed by atoms with van der Waals surface area (Å²) >= 11 is 0. The van der Waals surface area contributed by atoms with Gasteiger partial charge in [0, 0.05) is 19.6 Å². The van der Waals surface area contributed by atoms with Crippen molar-refractivity contribution in [1.82, 2.24) is 5.32 Å². The smallest absolute Gasteiger partial charge is 0.303 e. The molecule has 104 valence electrons. The fraction of sp³-hybridized carbons (Fsp3) is 0.846. The van der Waals surface area contributed by atoms with Gasteiger partial charge in [0.1, 0.15) is 0 Å². The number of aliphatic carboxylic acids is 1. The van der Waals surface area contributed by atoms with Gasteiger partial charge in [-0.15, -0.1) is 0 Å². The molecule has 0 aromatic carbocycles. The molecule has 1 amide bonds. The van der Waals surface area contributed by atoms with E-state index in [4.69, 9.17) is 9.84 Å². The summed E-state index contributed by atoms with van der Waals surface area (Å²) in [5.74, 6) is -0.373. The number of carbonyl (C=O) groups is 2. The van der Waals surface area contributed by atoms with Crippen LogP contribution in [0.2, 0.25) is 0 Å². The molecule has 18 heavy (non-hydrogen) atoms. The minimum atomic E-state index is -0.759. The van der Waals surface area contributed by atoms with E-state index in [0.717, 1.165) is 25.9 Å². The van der Waals surface area contributed by atoms with Gasteiger partial charge in [-0.25, -0.2) is 0 Å². The van der Waals surface area contributed by atoms with E-state index in [0.29, 0.717) is 25.5 Å². The number of hydrogen-bond donors (Lipinski definition) is 2. The normalized spacial score (nSPS) is 21.3. The highest BCUT2D eigenvalue weighted by atomic mass is 16.5. The second-order valence-corrected chi connectivity index (χ2v) is 5.03. The Hall–Kier alpha value is -1.10. The monoisotopic (exact) mass is 257 g/mol. The molecule has 2 atom stereocenters. The van der Waals surface area contributed by atoms with Gasteiger partial charge in [-0.05, 0) is 31.6 Å². The SMILES string of the molecule is CC(CCNC(=O)C1CCCOC1)CCC(=O)O. The third kappa shape index (κ3) is 6.00. The molecule has 0 aromatic heterocycles. The first kappa shape index (κ1) is 15.0. The lowest BCUT2D eigenvalue weighted by molar-refractivity contribution is -0.137. The van der Waals surface area contributed by atoms with Gasteiger partial charge in [-0.3, -0.25) is 9.59 Å². The van der Waals surface area contributed by atoms with Crippen molar-refractivity contribution in [2.24, 2.45) is 11.8 Å². The Bertz CT molecular complexity index is 274. The van der Waals surface area contributed by atoms with Crippen LogP contribution >= 0.6 is 0 Å². The lowest BCUT2D eigenvalue weighted by atomic mass is 10.00. The summed E-state index contributed by atoms with van der Waals surface area (Å²) in [6.07, 6.45) is 3.55. The maximum atomic E-state index is 11.8. The second kappa shape index (κ2) is 8.08. The summed E-state index contributed by atoms with van der Waals surface area (Å²) in [6, 6.07) is 0. The second-order valence-electron chi connectivity index (χ2n) is 5.03. The van der Waals surface area contributed by atoms with E-state index in [-0.39, 0.29) is 18.2 Å². The average Bonchev–Trinajstić information content (AvgIpc) is 2.37. The molecule has 1 aliphatic rings. The van der Waals surface area contributed by atoms with Crippen LogP contribution in [0.4, 0.5) is 0 Å². The topological polar surface area (TPSA) is 75.6 Å². The predicted molar refractivity (Wildman–Crippen MR) is 67.2 cm³/mol. The highest BCUT2D eigenvalue weighted by Crippen LogP contribution is 2.14. The molecule has 5 heteroatoms. The molecule has 1 aliphatic heterocycles. The predicted octanol–water partition coefficient (Wildman–Crippen LogP) is 1.42. The number of hydrogen-bond acceptors (Lipinski definition) is 3. The molecule has 1 rings (SSSR count). The zero-order valence-corrected chi connectivity index (χ0v) is 11.0. The molecule has 2 unspecified atom stereocenters. The Morgan fingerprint density at radius 3 is 2.83 bits per heavy atom. The van der Waals surface area contributed by atoms with Crippen molar-refractivity contribution < 1.29 is 19.4 Å². The van der Waals surface area contributed by atoms with Gasteiger partial charge in [-0.1, -0.05) is 6.92 Å². The van der Waals surface area contributed by atoms with Crippen LogP contribution in [-0.2, 0) is 14.3 Å². The van der Waals surface area contributed by atoms with Crippen molar-refractivity contribution in [3.8, 4) is 0 Å². The fourth-order valence-electron chi connectivity index (χ4n) is 2.05. The Balaban J connectivity index is 2.08. The largest absolute Gasteiger partial charge is 0.481 e. The molecule has 1 heterocycles. The maximum absolute atomic E-state index is 11.8. The van der Waals surface area contributed by atoms with Crippen LogP contribution in [0.3, 0.4) is 0 Å². The van der Waals surface area contributed by atoms with Gasteiger partial charge >= 0.3 is 5.97 Å². The fourth-order valence-corrected chi connectivity index (χ4v) is 2.05. The third-order valence-corrected chi connectivity index (χ3v) is 3.32. The summed E-state index contributed by atoms with van der Waals surface area (Å²) in [7, 11) is 0. The molecule has 1 fully saturated rings. The number of nitrogens with one attached hydrogen (secondary N) is 1. The van der Waals surface area contributed by atoms with Gasteiger partial charge < -0.3 is 15.2 Å². The van der Waals surface area contributed by atoms with Crippen molar-refractivity contribution >= 4 is 11.9 Å². The third-order valence-electron chi connectivity index (χ3n) is 3.32. The van der Waals surface area contributed by atoms with Gasteiger partial charge in [-0.2, -0.15) is 0 Å². The Labute approximate surface area is 108 Å². The van der Waals surface area contributed by atoms with Crippen molar-refractivity contribution in [3.05, 3.63) is 0 Å².